The van der Waals surface area contributed by atoms with E-state index >= 15 is 0 Å². The molecule has 4 N–H and O–H groups in total. The third-order valence-electron chi connectivity index (χ3n) is 3.15. The van der Waals surface area contributed by atoms with Crippen molar-refractivity contribution >= 4 is 28.3 Å². The van der Waals surface area contributed by atoms with Gasteiger partial charge in [0.15, 0.2) is 5.13 Å². The maximum Gasteiger partial charge on any atom is 0.308 e. The molecule has 0 radical (unpaired) electrons. The first-order valence-corrected chi connectivity index (χ1v) is 6.70. The number of aliphatic carboxylic acids is 1. The van der Waals surface area contributed by atoms with E-state index in [-0.39, 0.29) is 17.6 Å². The van der Waals surface area contributed by atoms with E-state index in [4.69, 9.17) is 10.8 Å². The molecule has 7 heteroatoms. The number of rotatable bonds is 3. The summed E-state index contributed by atoms with van der Waals surface area (Å²) in [5.41, 5.74) is 5.72. The molecule has 1 fully saturated rings. The van der Waals surface area contributed by atoms with Gasteiger partial charge in [-0.2, -0.15) is 0 Å². The van der Waals surface area contributed by atoms with Gasteiger partial charge in [-0.05, 0) is 12.8 Å². The average Bonchev–Trinajstić information content (AvgIpc) is 2.76. The summed E-state index contributed by atoms with van der Waals surface area (Å²) in [5, 5.41) is 13.8. The first-order chi connectivity index (χ1) is 8.58. The van der Waals surface area contributed by atoms with Gasteiger partial charge in [0.1, 0.15) is 5.69 Å². The van der Waals surface area contributed by atoms with E-state index in [2.05, 4.69) is 10.3 Å². The molecule has 1 aromatic heterocycles. The highest BCUT2D eigenvalue weighted by molar-refractivity contribution is 7.13. The Morgan fingerprint density at radius 3 is 2.78 bits per heavy atom. The molecule has 0 aromatic carbocycles. The van der Waals surface area contributed by atoms with Crippen molar-refractivity contribution in [2.24, 2.45) is 5.92 Å². The lowest BCUT2D eigenvalue weighted by Gasteiger charge is -2.28. The second-order valence-corrected chi connectivity index (χ2v) is 5.27. The smallest absolute Gasteiger partial charge is 0.308 e. The number of carboxylic acids is 1. The van der Waals surface area contributed by atoms with Gasteiger partial charge in [-0.1, -0.05) is 12.8 Å². The molecular weight excluding hydrogens is 254 g/mol. The van der Waals surface area contributed by atoms with Crippen molar-refractivity contribution in [1.29, 1.82) is 0 Å². The maximum absolute atomic E-state index is 11.9. The van der Waals surface area contributed by atoms with Crippen molar-refractivity contribution in [2.75, 3.05) is 5.73 Å². The summed E-state index contributed by atoms with van der Waals surface area (Å²) in [7, 11) is 0. The molecule has 18 heavy (non-hydrogen) atoms. The van der Waals surface area contributed by atoms with Crippen molar-refractivity contribution in [3.05, 3.63) is 11.1 Å². The number of nitrogens with zero attached hydrogens (tertiary/aromatic N) is 1. The Labute approximate surface area is 108 Å². The SMILES string of the molecule is Nc1nc(C(=O)NC2CCCCC2C(=O)O)cs1. The number of carbonyl (C=O) groups is 2. The number of nitrogen functional groups attached to an aromatic ring is 1. The molecule has 1 aromatic rings. The molecule has 1 aliphatic carbocycles. The van der Waals surface area contributed by atoms with Gasteiger partial charge in [0.2, 0.25) is 0 Å². The summed E-state index contributed by atoms with van der Waals surface area (Å²) < 4.78 is 0. The second-order valence-electron chi connectivity index (χ2n) is 4.38. The minimum absolute atomic E-state index is 0.257. The molecule has 6 nitrogen and oxygen atoms in total. The zero-order chi connectivity index (χ0) is 13.1. The fraction of sp³-hybridized carbons (Fsp3) is 0.545. The average molecular weight is 269 g/mol. The molecule has 1 amide bonds. The molecular formula is C11H15N3O3S. The summed E-state index contributed by atoms with van der Waals surface area (Å²) in [6.07, 6.45) is 3.14. The van der Waals surface area contributed by atoms with Crippen molar-refractivity contribution in [3.8, 4) is 0 Å². The Hall–Kier alpha value is -1.63. The fourth-order valence-electron chi connectivity index (χ4n) is 2.23. The third-order valence-corrected chi connectivity index (χ3v) is 3.83. The van der Waals surface area contributed by atoms with E-state index in [0.29, 0.717) is 18.0 Å². The van der Waals surface area contributed by atoms with Gasteiger partial charge in [0.05, 0.1) is 5.92 Å². The molecule has 1 saturated carbocycles. The summed E-state index contributed by atoms with van der Waals surface area (Å²) in [4.78, 5) is 26.9. The number of hydrogen-bond acceptors (Lipinski definition) is 5. The molecule has 0 spiro atoms. The molecule has 0 aliphatic heterocycles. The van der Waals surface area contributed by atoms with Crippen molar-refractivity contribution in [3.63, 3.8) is 0 Å². The summed E-state index contributed by atoms with van der Waals surface area (Å²) in [6.45, 7) is 0. The van der Waals surface area contributed by atoms with Gasteiger partial charge >= 0.3 is 5.97 Å². The van der Waals surface area contributed by atoms with E-state index in [1.54, 1.807) is 5.38 Å². The highest BCUT2D eigenvalue weighted by Gasteiger charge is 2.32. The number of nitrogens with two attached hydrogens (primary N) is 1. The minimum atomic E-state index is -0.849. The number of thiazole rings is 1. The van der Waals surface area contributed by atoms with Crippen LogP contribution in [0.15, 0.2) is 5.38 Å². The maximum atomic E-state index is 11.9. The number of carbonyl (C=O) groups excluding carboxylic acids is 1. The van der Waals surface area contributed by atoms with E-state index in [1.165, 1.54) is 11.3 Å². The molecule has 0 saturated heterocycles. The molecule has 2 unspecified atom stereocenters. The Kier molecular flexibility index (Phi) is 3.81. The van der Waals surface area contributed by atoms with E-state index < -0.39 is 11.9 Å². The predicted molar refractivity (Wildman–Crippen MR) is 67.4 cm³/mol. The van der Waals surface area contributed by atoms with Crippen molar-refractivity contribution in [2.45, 2.75) is 31.7 Å². The summed E-state index contributed by atoms with van der Waals surface area (Å²) in [5.74, 6) is -1.70. The first-order valence-electron chi connectivity index (χ1n) is 5.82. The zero-order valence-corrected chi connectivity index (χ0v) is 10.6. The van der Waals surface area contributed by atoms with Crippen LogP contribution in [0.25, 0.3) is 0 Å². The number of carboxylic acid groups (broad SMARTS) is 1. The lowest BCUT2D eigenvalue weighted by Crippen LogP contribution is -2.45. The number of nitrogens with one attached hydrogen (secondary N) is 1. The molecule has 1 aliphatic rings. The normalized spacial score (nSPS) is 23.6. The standard InChI is InChI=1S/C11H15N3O3S/c12-11-14-8(5-18-11)9(15)13-7-4-2-1-3-6(7)10(16)17/h5-7H,1-4H2,(H2,12,14)(H,13,15)(H,16,17). The van der Waals surface area contributed by atoms with E-state index in [1.807, 2.05) is 0 Å². The molecule has 1 heterocycles. The molecule has 98 valence electrons. The van der Waals surface area contributed by atoms with Crippen LogP contribution < -0.4 is 11.1 Å². The highest BCUT2D eigenvalue weighted by Crippen LogP contribution is 2.25. The number of aromatic nitrogens is 1. The molecule has 2 rings (SSSR count). The highest BCUT2D eigenvalue weighted by atomic mass is 32.1. The van der Waals surface area contributed by atoms with Crippen LogP contribution >= 0.6 is 11.3 Å². The minimum Gasteiger partial charge on any atom is -0.481 e. The van der Waals surface area contributed by atoms with Gasteiger partial charge in [0.25, 0.3) is 5.91 Å². The van der Waals surface area contributed by atoms with Crippen LogP contribution in [-0.4, -0.2) is 28.0 Å². The van der Waals surface area contributed by atoms with Crippen LogP contribution in [-0.2, 0) is 4.79 Å². The van der Waals surface area contributed by atoms with Gasteiger partial charge in [0, 0.05) is 11.4 Å². The predicted octanol–water partition coefficient (Wildman–Crippen LogP) is 1.10. The topological polar surface area (TPSA) is 105 Å². The largest absolute Gasteiger partial charge is 0.481 e. The van der Waals surface area contributed by atoms with Crippen LogP contribution in [0, 0.1) is 5.92 Å². The number of amides is 1. The monoisotopic (exact) mass is 269 g/mol. The number of hydrogen-bond donors (Lipinski definition) is 3. The second kappa shape index (κ2) is 5.34. The summed E-state index contributed by atoms with van der Waals surface area (Å²) in [6, 6.07) is -0.313. The van der Waals surface area contributed by atoms with Crippen LogP contribution in [0.1, 0.15) is 36.2 Å². The molecule has 0 bridgehead atoms. The fourth-order valence-corrected chi connectivity index (χ4v) is 2.78. The Morgan fingerprint density at radius 2 is 2.17 bits per heavy atom. The third kappa shape index (κ3) is 2.79. The number of anilines is 1. The summed E-state index contributed by atoms with van der Waals surface area (Å²) >= 11 is 1.19. The van der Waals surface area contributed by atoms with E-state index in [0.717, 1.165) is 12.8 Å². The quantitative estimate of drug-likeness (QED) is 0.762. The van der Waals surface area contributed by atoms with Crippen LogP contribution in [0.2, 0.25) is 0 Å². The van der Waals surface area contributed by atoms with Gasteiger partial charge in [-0.25, -0.2) is 4.98 Å². The van der Waals surface area contributed by atoms with Crippen molar-refractivity contribution in [1.82, 2.24) is 10.3 Å². The lowest BCUT2D eigenvalue weighted by molar-refractivity contribution is -0.143. The Bertz CT molecular complexity index is 460. The van der Waals surface area contributed by atoms with Gasteiger partial charge in [-0.3, -0.25) is 9.59 Å². The Morgan fingerprint density at radius 1 is 1.44 bits per heavy atom. The van der Waals surface area contributed by atoms with Gasteiger partial charge in [-0.15, -0.1) is 11.3 Å². The molecule has 2 atom stereocenters. The van der Waals surface area contributed by atoms with Crippen LogP contribution in [0.3, 0.4) is 0 Å². The zero-order valence-electron chi connectivity index (χ0n) is 9.76. The van der Waals surface area contributed by atoms with Crippen LogP contribution in [0.4, 0.5) is 5.13 Å². The lowest BCUT2D eigenvalue weighted by atomic mass is 9.84. The van der Waals surface area contributed by atoms with Crippen molar-refractivity contribution < 1.29 is 14.7 Å². The van der Waals surface area contributed by atoms with Crippen LogP contribution in [0.5, 0.6) is 0 Å². The Balaban J connectivity index is 2.03. The van der Waals surface area contributed by atoms with Gasteiger partial charge < -0.3 is 16.2 Å². The first kappa shape index (κ1) is 12.8. The van der Waals surface area contributed by atoms with E-state index in [9.17, 15) is 9.59 Å².